The van der Waals surface area contributed by atoms with Gasteiger partial charge in [-0.25, -0.2) is 8.78 Å². The average molecular weight is 384 g/mol. The van der Waals surface area contributed by atoms with Gasteiger partial charge in [0, 0.05) is 19.2 Å². The Kier molecular flexibility index (Phi) is 5.18. The number of anilines is 1. The van der Waals surface area contributed by atoms with Gasteiger partial charge in [-0.1, -0.05) is 0 Å². The van der Waals surface area contributed by atoms with Gasteiger partial charge in [-0.15, -0.1) is 0 Å². The van der Waals surface area contributed by atoms with E-state index < -0.39 is 27.5 Å². The summed E-state index contributed by atoms with van der Waals surface area (Å²) in [5.41, 5.74) is 5.15. The van der Waals surface area contributed by atoms with Crippen LogP contribution in [0, 0.1) is 17.6 Å². The van der Waals surface area contributed by atoms with E-state index in [1.165, 1.54) is 4.31 Å². The zero-order valence-corrected chi connectivity index (χ0v) is 13.6. The van der Waals surface area contributed by atoms with E-state index >= 15 is 0 Å². The largest absolute Gasteiger partial charge is 0.330 e. The molecule has 2 rings (SSSR count). The number of benzene rings is 1. The molecule has 1 saturated heterocycles. The van der Waals surface area contributed by atoms with Crippen LogP contribution in [0.3, 0.4) is 0 Å². The van der Waals surface area contributed by atoms with E-state index in [0.29, 0.717) is 19.5 Å². The molecule has 1 aliphatic rings. The van der Waals surface area contributed by atoms with E-state index in [-0.39, 0.29) is 16.9 Å². The van der Waals surface area contributed by atoms with Crippen molar-refractivity contribution in [1.82, 2.24) is 4.31 Å². The molecule has 1 aliphatic heterocycles. The normalized spacial score (nSPS) is 20.5. The van der Waals surface area contributed by atoms with Crippen molar-refractivity contribution in [2.45, 2.75) is 12.8 Å². The van der Waals surface area contributed by atoms with Gasteiger partial charge in [0.15, 0.2) is 0 Å². The van der Waals surface area contributed by atoms with E-state index in [0.717, 1.165) is 18.6 Å². The molecule has 1 unspecified atom stereocenters. The second kappa shape index (κ2) is 6.55. The van der Waals surface area contributed by atoms with Crippen molar-refractivity contribution >= 4 is 31.8 Å². The first kappa shape index (κ1) is 16.6. The van der Waals surface area contributed by atoms with Gasteiger partial charge in [-0.05, 0) is 47.3 Å². The fourth-order valence-corrected chi connectivity index (χ4v) is 3.90. The summed E-state index contributed by atoms with van der Waals surface area (Å²) in [5, 5.41) is 0. The topological polar surface area (TPSA) is 75.4 Å². The van der Waals surface area contributed by atoms with Crippen LogP contribution in [0.25, 0.3) is 0 Å². The molecule has 3 N–H and O–H groups in total. The summed E-state index contributed by atoms with van der Waals surface area (Å²) < 4.78 is 54.8. The van der Waals surface area contributed by atoms with Crippen LogP contribution < -0.4 is 10.5 Å². The Morgan fingerprint density at radius 3 is 2.76 bits per heavy atom. The summed E-state index contributed by atoms with van der Waals surface area (Å²) in [4.78, 5) is 0. The van der Waals surface area contributed by atoms with E-state index in [4.69, 9.17) is 5.73 Å². The highest BCUT2D eigenvalue weighted by atomic mass is 79.9. The highest BCUT2D eigenvalue weighted by Crippen LogP contribution is 2.26. The van der Waals surface area contributed by atoms with E-state index in [2.05, 4.69) is 20.7 Å². The molecule has 1 fully saturated rings. The third kappa shape index (κ3) is 3.91. The summed E-state index contributed by atoms with van der Waals surface area (Å²) >= 11 is 2.84. The van der Waals surface area contributed by atoms with Gasteiger partial charge in [0.05, 0.1) is 10.2 Å². The number of nitrogens with one attached hydrogen (secondary N) is 1. The van der Waals surface area contributed by atoms with Crippen molar-refractivity contribution in [3.8, 4) is 0 Å². The Bertz CT molecular complexity index is 627. The second-order valence-corrected chi connectivity index (χ2v) is 7.48. The van der Waals surface area contributed by atoms with Crippen LogP contribution in [0.2, 0.25) is 0 Å². The van der Waals surface area contributed by atoms with Crippen LogP contribution in [0.15, 0.2) is 16.6 Å². The summed E-state index contributed by atoms with van der Waals surface area (Å²) in [6, 6.07) is 1.69. The molecule has 1 heterocycles. The lowest BCUT2D eigenvalue weighted by Crippen LogP contribution is -2.44. The van der Waals surface area contributed by atoms with Gasteiger partial charge in [0.25, 0.3) is 0 Å². The minimum absolute atomic E-state index is 0.0656. The lowest BCUT2D eigenvalue weighted by atomic mass is 10.0. The number of rotatable bonds is 4. The first-order valence-electron chi connectivity index (χ1n) is 6.46. The minimum atomic E-state index is -3.93. The highest BCUT2D eigenvalue weighted by molar-refractivity contribution is 9.10. The molecule has 0 radical (unpaired) electrons. The molecule has 1 aromatic carbocycles. The molecule has 21 heavy (non-hydrogen) atoms. The molecule has 9 heteroatoms. The van der Waals surface area contributed by atoms with Crippen LogP contribution in [0.1, 0.15) is 12.8 Å². The van der Waals surface area contributed by atoms with Gasteiger partial charge < -0.3 is 5.73 Å². The molecular weight excluding hydrogens is 368 g/mol. The van der Waals surface area contributed by atoms with E-state index in [1.54, 1.807) is 0 Å². The molecule has 0 aromatic heterocycles. The van der Waals surface area contributed by atoms with Crippen molar-refractivity contribution in [1.29, 1.82) is 0 Å². The van der Waals surface area contributed by atoms with Gasteiger partial charge in [-0.3, -0.25) is 4.72 Å². The molecular formula is C12H16BrF2N3O2S. The maximum Gasteiger partial charge on any atom is 0.301 e. The van der Waals surface area contributed by atoms with Crippen molar-refractivity contribution in [3.05, 3.63) is 28.2 Å². The molecule has 0 spiro atoms. The van der Waals surface area contributed by atoms with Crippen LogP contribution in [-0.4, -0.2) is 32.4 Å². The van der Waals surface area contributed by atoms with Crippen LogP contribution in [-0.2, 0) is 10.2 Å². The number of nitrogens with two attached hydrogens (primary N) is 1. The predicted octanol–water partition coefficient (Wildman–Crippen LogP) is 2.05. The number of piperidine rings is 1. The molecule has 5 nitrogen and oxygen atoms in total. The number of nitrogens with zero attached hydrogens (tertiary/aromatic N) is 1. The summed E-state index contributed by atoms with van der Waals surface area (Å²) in [7, 11) is -3.93. The zero-order chi connectivity index (χ0) is 15.6. The number of hydrogen-bond donors (Lipinski definition) is 2. The smallest absolute Gasteiger partial charge is 0.301 e. The lowest BCUT2D eigenvalue weighted by molar-refractivity contribution is 0.273. The van der Waals surface area contributed by atoms with Crippen molar-refractivity contribution in [3.63, 3.8) is 0 Å². The van der Waals surface area contributed by atoms with Gasteiger partial charge >= 0.3 is 10.2 Å². The maximum absolute atomic E-state index is 13.7. The third-order valence-corrected chi connectivity index (χ3v) is 5.50. The molecule has 0 saturated carbocycles. The second-order valence-electron chi connectivity index (χ2n) is 4.96. The van der Waals surface area contributed by atoms with Crippen molar-refractivity contribution in [2.24, 2.45) is 11.7 Å². The van der Waals surface area contributed by atoms with E-state index in [1.807, 2.05) is 0 Å². The van der Waals surface area contributed by atoms with Crippen molar-refractivity contribution in [2.75, 3.05) is 24.4 Å². The first-order chi connectivity index (χ1) is 9.83. The molecule has 0 bridgehead atoms. The Balaban J connectivity index is 2.19. The van der Waals surface area contributed by atoms with Crippen molar-refractivity contribution < 1.29 is 17.2 Å². The molecule has 0 amide bonds. The summed E-state index contributed by atoms with van der Waals surface area (Å²) in [6.07, 6.45) is 1.56. The number of hydrogen-bond acceptors (Lipinski definition) is 3. The van der Waals surface area contributed by atoms with Gasteiger partial charge in [-0.2, -0.15) is 12.7 Å². The SMILES string of the molecule is NCC1CCCN(S(=O)(=O)Nc2cc(F)c(Br)cc2F)C1. The summed E-state index contributed by atoms with van der Waals surface area (Å²) in [6.45, 7) is 1.02. The predicted molar refractivity (Wildman–Crippen MR) is 80.0 cm³/mol. The first-order valence-corrected chi connectivity index (χ1v) is 8.69. The maximum atomic E-state index is 13.7. The average Bonchev–Trinajstić information content (AvgIpc) is 2.44. The third-order valence-electron chi connectivity index (χ3n) is 3.40. The molecule has 1 atom stereocenters. The minimum Gasteiger partial charge on any atom is -0.330 e. The van der Waals surface area contributed by atoms with Crippen LogP contribution in [0.4, 0.5) is 14.5 Å². The lowest BCUT2D eigenvalue weighted by Gasteiger charge is -2.31. The Hall–Kier alpha value is -0.770. The molecule has 0 aliphatic carbocycles. The van der Waals surface area contributed by atoms with E-state index in [9.17, 15) is 17.2 Å². The molecule has 118 valence electrons. The fraction of sp³-hybridized carbons (Fsp3) is 0.500. The Labute approximate surface area is 130 Å². The Morgan fingerprint density at radius 1 is 1.38 bits per heavy atom. The van der Waals surface area contributed by atoms with Gasteiger partial charge in [0.1, 0.15) is 11.6 Å². The fourth-order valence-electron chi connectivity index (χ4n) is 2.24. The zero-order valence-electron chi connectivity index (χ0n) is 11.2. The van der Waals surface area contributed by atoms with Crippen LogP contribution in [0.5, 0.6) is 0 Å². The quantitative estimate of drug-likeness (QED) is 0.781. The van der Waals surface area contributed by atoms with Gasteiger partial charge in [0.2, 0.25) is 0 Å². The summed E-state index contributed by atoms with van der Waals surface area (Å²) in [5.74, 6) is -1.51. The Morgan fingerprint density at radius 2 is 2.10 bits per heavy atom. The number of halogens is 3. The highest BCUT2D eigenvalue weighted by Gasteiger charge is 2.29. The molecule has 1 aromatic rings. The standard InChI is InChI=1S/C12H16BrF2N3O2S/c13-9-4-11(15)12(5-10(9)14)17-21(19,20)18-3-1-2-8(6-16)7-18/h4-5,8,17H,1-3,6-7,16H2. The van der Waals surface area contributed by atoms with Crippen LogP contribution >= 0.6 is 15.9 Å². The monoisotopic (exact) mass is 383 g/mol.